The third kappa shape index (κ3) is 3.58. The zero-order valence-corrected chi connectivity index (χ0v) is 12.2. The molecule has 0 saturated heterocycles. The van der Waals surface area contributed by atoms with Crippen LogP contribution >= 0.6 is 0 Å². The molecule has 0 saturated carbocycles. The van der Waals surface area contributed by atoms with Crippen molar-refractivity contribution in [1.82, 2.24) is 4.98 Å². The van der Waals surface area contributed by atoms with Crippen molar-refractivity contribution in [3.63, 3.8) is 0 Å². The Morgan fingerprint density at radius 1 is 1.05 bits per heavy atom. The van der Waals surface area contributed by atoms with Crippen LogP contribution < -0.4 is 4.74 Å². The molecule has 1 aromatic heterocycles. The molecule has 0 aliphatic heterocycles. The maximum atomic E-state index is 9.43. The van der Waals surface area contributed by atoms with Gasteiger partial charge >= 0.3 is 0 Å². The second-order valence-electron chi connectivity index (χ2n) is 5.09. The molecule has 0 spiro atoms. The van der Waals surface area contributed by atoms with E-state index >= 15 is 0 Å². The van der Waals surface area contributed by atoms with Crippen LogP contribution in [-0.4, -0.2) is 10.1 Å². The van der Waals surface area contributed by atoms with Gasteiger partial charge in [-0.15, -0.1) is 0 Å². The molecule has 0 fully saturated rings. The summed E-state index contributed by atoms with van der Waals surface area (Å²) in [7, 11) is 0. The lowest BCUT2D eigenvalue weighted by molar-refractivity contribution is 0.198. The molecule has 2 aromatic rings. The van der Waals surface area contributed by atoms with Crippen molar-refractivity contribution in [3.8, 4) is 11.6 Å². The Bertz CT molecular complexity index is 532. The quantitative estimate of drug-likeness (QED) is 0.874. The SMILES string of the molecule is CCC(C)c1ccc(Oc2ccc([C@H](C)O)cn2)cc1. The summed E-state index contributed by atoms with van der Waals surface area (Å²) in [5, 5.41) is 9.43. The van der Waals surface area contributed by atoms with Gasteiger partial charge in [-0.2, -0.15) is 0 Å². The normalized spacial score (nSPS) is 13.8. The highest BCUT2D eigenvalue weighted by Gasteiger charge is 2.05. The van der Waals surface area contributed by atoms with Crippen LogP contribution in [0.3, 0.4) is 0 Å². The minimum absolute atomic E-state index is 0.508. The van der Waals surface area contributed by atoms with Gasteiger partial charge in [0.2, 0.25) is 5.88 Å². The first-order valence-electron chi connectivity index (χ1n) is 7.02. The molecule has 1 aromatic carbocycles. The topological polar surface area (TPSA) is 42.4 Å². The number of rotatable bonds is 5. The molecule has 0 radical (unpaired) electrons. The van der Waals surface area contributed by atoms with Gasteiger partial charge in [0.15, 0.2) is 0 Å². The second-order valence-corrected chi connectivity index (χ2v) is 5.09. The number of nitrogens with zero attached hydrogens (tertiary/aromatic N) is 1. The molecule has 20 heavy (non-hydrogen) atoms. The zero-order chi connectivity index (χ0) is 14.5. The second kappa shape index (κ2) is 6.53. The number of hydrogen-bond acceptors (Lipinski definition) is 3. The van der Waals surface area contributed by atoms with Gasteiger partial charge in [-0.3, -0.25) is 0 Å². The largest absolute Gasteiger partial charge is 0.439 e. The predicted octanol–water partition coefficient (Wildman–Crippen LogP) is 4.44. The lowest BCUT2D eigenvalue weighted by Crippen LogP contribution is -1.94. The van der Waals surface area contributed by atoms with Gasteiger partial charge < -0.3 is 9.84 Å². The van der Waals surface area contributed by atoms with E-state index in [1.54, 1.807) is 19.2 Å². The molecule has 106 valence electrons. The Morgan fingerprint density at radius 3 is 2.20 bits per heavy atom. The molecule has 1 heterocycles. The van der Waals surface area contributed by atoms with Crippen molar-refractivity contribution in [3.05, 3.63) is 53.7 Å². The van der Waals surface area contributed by atoms with Crippen LogP contribution in [0.5, 0.6) is 11.6 Å². The lowest BCUT2D eigenvalue weighted by atomic mass is 9.99. The highest BCUT2D eigenvalue weighted by molar-refractivity contribution is 5.32. The van der Waals surface area contributed by atoms with Crippen LogP contribution in [0.4, 0.5) is 0 Å². The van der Waals surface area contributed by atoms with E-state index in [0.29, 0.717) is 11.8 Å². The summed E-state index contributed by atoms with van der Waals surface area (Å²) in [5.74, 6) is 1.87. The van der Waals surface area contributed by atoms with E-state index in [1.807, 2.05) is 18.2 Å². The molecule has 0 aliphatic carbocycles. The third-order valence-corrected chi connectivity index (χ3v) is 3.53. The van der Waals surface area contributed by atoms with E-state index in [1.165, 1.54) is 5.56 Å². The van der Waals surface area contributed by atoms with Gasteiger partial charge in [-0.25, -0.2) is 4.98 Å². The van der Waals surface area contributed by atoms with Gasteiger partial charge in [0.1, 0.15) is 5.75 Å². The van der Waals surface area contributed by atoms with E-state index in [9.17, 15) is 5.11 Å². The first kappa shape index (κ1) is 14.5. The number of aromatic nitrogens is 1. The molecule has 0 bridgehead atoms. The number of hydrogen-bond donors (Lipinski definition) is 1. The number of benzene rings is 1. The maximum Gasteiger partial charge on any atom is 0.219 e. The van der Waals surface area contributed by atoms with Crippen LogP contribution in [0.25, 0.3) is 0 Å². The maximum absolute atomic E-state index is 9.43. The van der Waals surface area contributed by atoms with E-state index < -0.39 is 6.10 Å². The smallest absolute Gasteiger partial charge is 0.219 e. The molecule has 2 rings (SSSR count). The van der Waals surface area contributed by atoms with Crippen molar-refractivity contribution < 1.29 is 9.84 Å². The van der Waals surface area contributed by atoms with Gasteiger partial charge in [-0.1, -0.05) is 26.0 Å². The Balaban J connectivity index is 2.06. The van der Waals surface area contributed by atoms with Crippen molar-refractivity contribution in [2.24, 2.45) is 0 Å². The fraction of sp³-hybridized carbons (Fsp3) is 0.353. The molecular weight excluding hydrogens is 250 g/mol. The van der Waals surface area contributed by atoms with Crippen LogP contribution in [-0.2, 0) is 0 Å². The Morgan fingerprint density at radius 2 is 1.70 bits per heavy atom. The molecule has 0 aliphatic rings. The van der Waals surface area contributed by atoms with Gasteiger partial charge in [-0.05, 0) is 48.6 Å². The predicted molar refractivity (Wildman–Crippen MR) is 80.1 cm³/mol. The number of aliphatic hydroxyl groups excluding tert-OH is 1. The summed E-state index contributed by atoms with van der Waals surface area (Å²) in [6, 6.07) is 11.7. The van der Waals surface area contributed by atoms with Crippen LogP contribution in [0, 0.1) is 0 Å². The summed E-state index contributed by atoms with van der Waals surface area (Å²) in [6.45, 7) is 6.11. The standard InChI is InChI=1S/C17H21NO2/c1-4-12(2)14-5-8-16(9-6-14)20-17-10-7-15(11-18-17)13(3)19/h5-13,19H,4H2,1-3H3/t12?,13-/m0/s1. The average Bonchev–Trinajstić information content (AvgIpc) is 2.48. The molecule has 3 nitrogen and oxygen atoms in total. The Kier molecular flexibility index (Phi) is 4.74. The van der Waals surface area contributed by atoms with Crippen molar-refractivity contribution in [1.29, 1.82) is 0 Å². The van der Waals surface area contributed by atoms with E-state index in [-0.39, 0.29) is 0 Å². The minimum Gasteiger partial charge on any atom is -0.439 e. The summed E-state index contributed by atoms with van der Waals surface area (Å²) in [5.41, 5.74) is 2.10. The molecule has 3 heteroatoms. The fourth-order valence-electron chi connectivity index (χ4n) is 1.92. The highest BCUT2D eigenvalue weighted by atomic mass is 16.5. The first-order chi connectivity index (χ1) is 9.60. The van der Waals surface area contributed by atoms with Crippen LogP contribution in [0.2, 0.25) is 0 Å². The zero-order valence-electron chi connectivity index (χ0n) is 12.2. The Labute approximate surface area is 120 Å². The van der Waals surface area contributed by atoms with Crippen LogP contribution in [0.1, 0.15) is 50.3 Å². The van der Waals surface area contributed by atoms with Crippen molar-refractivity contribution in [2.75, 3.05) is 0 Å². The number of aliphatic hydroxyl groups is 1. The van der Waals surface area contributed by atoms with E-state index in [4.69, 9.17) is 4.74 Å². The first-order valence-corrected chi connectivity index (χ1v) is 7.02. The van der Waals surface area contributed by atoms with E-state index in [0.717, 1.165) is 17.7 Å². The molecular formula is C17H21NO2. The van der Waals surface area contributed by atoms with Gasteiger partial charge in [0, 0.05) is 12.3 Å². The Hall–Kier alpha value is -1.87. The molecule has 1 N–H and O–H groups in total. The van der Waals surface area contributed by atoms with Gasteiger partial charge in [0.25, 0.3) is 0 Å². The minimum atomic E-state index is -0.508. The number of ether oxygens (including phenoxy) is 1. The van der Waals surface area contributed by atoms with Crippen molar-refractivity contribution in [2.45, 2.75) is 39.2 Å². The monoisotopic (exact) mass is 271 g/mol. The molecule has 1 unspecified atom stereocenters. The van der Waals surface area contributed by atoms with E-state index in [2.05, 4.69) is 31.0 Å². The summed E-state index contributed by atoms with van der Waals surface area (Å²) >= 11 is 0. The summed E-state index contributed by atoms with van der Waals surface area (Å²) < 4.78 is 5.69. The van der Waals surface area contributed by atoms with Crippen LogP contribution in [0.15, 0.2) is 42.6 Å². The highest BCUT2D eigenvalue weighted by Crippen LogP contribution is 2.24. The summed E-state index contributed by atoms with van der Waals surface area (Å²) in [6.07, 6.45) is 2.25. The summed E-state index contributed by atoms with van der Waals surface area (Å²) in [4.78, 5) is 4.19. The van der Waals surface area contributed by atoms with Gasteiger partial charge in [0.05, 0.1) is 6.10 Å². The fourth-order valence-corrected chi connectivity index (χ4v) is 1.92. The molecule has 0 amide bonds. The lowest BCUT2D eigenvalue weighted by Gasteiger charge is -2.10. The third-order valence-electron chi connectivity index (χ3n) is 3.53. The average molecular weight is 271 g/mol. The molecule has 2 atom stereocenters. The van der Waals surface area contributed by atoms with Crippen molar-refractivity contribution >= 4 is 0 Å². The number of pyridine rings is 1.